The van der Waals surface area contributed by atoms with Crippen molar-refractivity contribution in [2.45, 2.75) is 31.0 Å². The van der Waals surface area contributed by atoms with E-state index < -0.39 is 10.0 Å². The molecule has 0 unspecified atom stereocenters. The summed E-state index contributed by atoms with van der Waals surface area (Å²) >= 11 is 6.10. The highest BCUT2D eigenvalue weighted by Crippen LogP contribution is 2.26. The lowest BCUT2D eigenvalue weighted by molar-refractivity contribution is -0.121. The number of carbonyl (C=O) groups is 1. The Labute approximate surface area is 153 Å². The first-order valence-corrected chi connectivity index (χ1v) is 9.81. The zero-order valence-corrected chi connectivity index (χ0v) is 16.4. The van der Waals surface area contributed by atoms with E-state index >= 15 is 0 Å². The summed E-state index contributed by atoms with van der Waals surface area (Å²) in [5.41, 5.74) is 0.281. The predicted octanol–water partition coefficient (Wildman–Crippen LogP) is 1.64. The van der Waals surface area contributed by atoms with Crippen LogP contribution in [-0.2, 0) is 19.6 Å². The number of amides is 1. The molecule has 2 rings (SSSR count). The van der Waals surface area contributed by atoms with Crippen LogP contribution in [0.1, 0.15) is 13.8 Å². The Kier molecular flexibility index (Phi) is 6.45. The average molecular weight is 390 g/mol. The number of sulfonamides is 1. The lowest BCUT2D eigenvalue weighted by atomic mass is 10.2. The molecule has 1 amide bonds. The number of rotatable bonds is 5. The monoisotopic (exact) mass is 389 g/mol. The fourth-order valence-corrected chi connectivity index (χ4v) is 3.87. The smallest absolute Gasteiger partial charge is 0.242 e. The van der Waals surface area contributed by atoms with Crippen LogP contribution in [0.25, 0.3) is 0 Å². The number of ether oxygens (including phenoxy) is 1. The van der Waals surface area contributed by atoms with Gasteiger partial charge in [0.05, 0.1) is 34.4 Å². The highest BCUT2D eigenvalue weighted by Gasteiger charge is 2.24. The molecule has 1 aromatic carbocycles. The van der Waals surface area contributed by atoms with E-state index in [0.29, 0.717) is 13.1 Å². The lowest BCUT2D eigenvalue weighted by Crippen LogP contribution is -2.48. The summed E-state index contributed by atoms with van der Waals surface area (Å²) in [6.45, 7) is 5.46. The van der Waals surface area contributed by atoms with Crippen molar-refractivity contribution in [3.05, 3.63) is 23.2 Å². The standard InChI is InChI=1S/C16H24ClN3O4S/c1-11-8-20(9-12(2)24-11)10-16(21)18-15-7-13(5-6-14(15)17)25(22,23)19(3)4/h5-7,11-12H,8-10H2,1-4H3,(H,18,21)/t11-,12-/m0/s1. The number of hydrogen-bond donors (Lipinski definition) is 1. The molecule has 140 valence electrons. The minimum atomic E-state index is -3.60. The van der Waals surface area contributed by atoms with Crippen LogP contribution >= 0.6 is 11.6 Å². The molecule has 9 heteroatoms. The van der Waals surface area contributed by atoms with Crippen LogP contribution in [0.3, 0.4) is 0 Å². The van der Waals surface area contributed by atoms with Crippen LogP contribution in [0.15, 0.2) is 23.1 Å². The Morgan fingerprint density at radius 3 is 2.48 bits per heavy atom. The highest BCUT2D eigenvalue weighted by atomic mass is 35.5. The van der Waals surface area contributed by atoms with Crippen molar-refractivity contribution in [3.8, 4) is 0 Å². The van der Waals surface area contributed by atoms with Crippen molar-refractivity contribution in [1.82, 2.24) is 9.21 Å². The van der Waals surface area contributed by atoms with E-state index in [0.717, 1.165) is 4.31 Å². The summed E-state index contributed by atoms with van der Waals surface area (Å²) in [7, 11) is -0.703. The van der Waals surface area contributed by atoms with Crippen LogP contribution in [0, 0.1) is 0 Å². The maximum Gasteiger partial charge on any atom is 0.242 e. The summed E-state index contributed by atoms with van der Waals surface area (Å²) in [5.74, 6) is -0.248. The fraction of sp³-hybridized carbons (Fsp3) is 0.562. The van der Waals surface area contributed by atoms with Crippen molar-refractivity contribution < 1.29 is 17.9 Å². The number of nitrogens with zero attached hydrogens (tertiary/aromatic N) is 2. The minimum absolute atomic E-state index is 0.0636. The largest absolute Gasteiger partial charge is 0.373 e. The van der Waals surface area contributed by atoms with Crippen molar-refractivity contribution >= 4 is 33.2 Å². The molecule has 1 saturated heterocycles. The molecule has 25 heavy (non-hydrogen) atoms. The van der Waals surface area contributed by atoms with Crippen LogP contribution < -0.4 is 5.32 Å². The van der Waals surface area contributed by atoms with Crippen LogP contribution in [-0.4, -0.2) is 69.5 Å². The number of halogens is 1. The Morgan fingerprint density at radius 1 is 1.32 bits per heavy atom. The van der Waals surface area contributed by atoms with E-state index in [4.69, 9.17) is 16.3 Å². The third-order valence-electron chi connectivity index (χ3n) is 3.85. The lowest BCUT2D eigenvalue weighted by Gasteiger charge is -2.34. The molecule has 2 atom stereocenters. The van der Waals surface area contributed by atoms with Gasteiger partial charge in [-0.2, -0.15) is 0 Å². The normalized spacial score (nSPS) is 22.2. The van der Waals surface area contributed by atoms with Gasteiger partial charge in [-0.3, -0.25) is 9.69 Å². The first kappa shape index (κ1) is 20.1. The molecule has 7 nitrogen and oxygen atoms in total. The molecular weight excluding hydrogens is 366 g/mol. The molecule has 1 aliphatic heterocycles. The number of carbonyl (C=O) groups excluding carboxylic acids is 1. The van der Waals surface area contributed by atoms with Crippen LogP contribution in [0.5, 0.6) is 0 Å². The van der Waals surface area contributed by atoms with Gasteiger partial charge in [-0.15, -0.1) is 0 Å². The molecular formula is C16H24ClN3O4S. The van der Waals surface area contributed by atoms with Crippen LogP contribution in [0.4, 0.5) is 5.69 Å². The first-order chi connectivity index (χ1) is 11.6. The zero-order valence-electron chi connectivity index (χ0n) is 14.8. The minimum Gasteiger partial charge on any atom is -0.373 e. The van der Waals surface area contributed by atoms with Gasteiger partial charge in [0.2, 0.25) is 15.9 Å². The van der Waals surface area contributed by atoms with E-state index in [1.165, 1.54) is 32.3 Å². The Balaban J connectivity index is 2.10. The average Bonchev–Trinajstić information content (AvgIpc) is 2.47. The second-order valence-corrected chi connectivity index (χ2v) is 8.99. The molecule has 1 aliphatic rings. The van der Waals surface area contributed by atoms with Gasteiger partial charge in [-0.25, -0.2) is 12.7 Å². The first-order valence-electron chi connectivity index (χ1n) is 7.99. The summed E-state index contributed by atoms with van der Waals surface area (Å²) < 4.78 is 31.2. The van der Waals surface area contributed by atoms with Crippen molar-refractivity contribution in [3.63, 3.8) is 0 Å². The summed E-state index contributed by atoms with van der Waals surface area (Å²) in [6, 6.07) is 4.26. The van der Waals surface area contributed by atoms with Gasteiger partial charge in [0.25, 0.3) is 0 Å². The van der Waals surface area contributed by atoms with Crippen molar-refractivity contribution in [1.29, 1.82) is 0 Å². The Hall–Kier alpha value is -1.19. The van der Waals surface area contributed by atoms with Crippen LogP contribution in [0.2, 0.25) is 5.02 Å². The molecule has 0 bridgehead atoms. The number of nitrogens with one attached hydrogen (secondary N) is 1. The molecule has 0 spiro atoms. The second-order valence-electron chi connectivity index (χ2n) is 6.43. The SMILES string of the molecule is C[C@H]1CN(CC(=O)Nc2cc(S(=O)(=O)N(C)C)ccc2Cl)C[C@H](C)O1. The van der Waals surface area contributed by atoms with Crippen molar-refractivity contribution in [2.24, 2.45) is 0 Å². The third kappa shape index (κ3) is 5.15. The summed E-state index contributed by atoms with van der Waals surface area (Å²) in [4.78, 5) is 14.4. The molecule has 0 aliphatic carbocycles. The van der Waals surface area contributed by atoms with E-state index in [-0.39, 0.29) is 40.3 Å². The molecule has 1 aromatic rings. The zero-order chi connectivity index (χ0) is 18.8. The third-order valence-corrected chi connectivity index (χ3v) is 5.99. The van der Waals surface area contributed by atoms with Gasteiger partial charge in [-0.1, -0.05) is 11.6 Å². The molecule has 1 heterocycles. The molecule has 0 aromatic heterocycles. The maximum atomic E-state index is 12.3. The van der Waals surface area contributed by atoms with Gasteiger partial charge >= 0.3 is 0 Å². The molecule has 1 fully saturated rings. The maximum absolute atomic E-state index is 12.3. The fourth-order valence-electron chi connectivity index (χ4n) is 2.78. The van der Waals surface area contributed by atoms with Gasteiger partial charge in [0, 0.05) is 27.2 Å². The van der Waals surface area contributed by atoms with Gasteiger partial charge in [0.1, 0.15) is 0 Å². The number of morpholine rings is 1. The predicted molar refractivity (Wildman–Crippen MR) is 97.4 cm³/mol. The summed E-state index contributed by atoms with van der Waals surface area (Å²) in [6.07, 6.45) is 0.127. The Morgan fingerprint density at radius 2 is 1.92 bits per heavy atom. The van der Waals surface area contributed by atoms with Gasteiger partial charge in [0.15, 0.2) is 0 Å². The Bertz CT molecular complexity index is 729. The van der Waals surface area contributed by atoms with Gasteiger partial charge < -0.3 is 10.1 Å². The van der Waals surface area contributed by atoms with Crippen molar-refractivity contribution in [2.75, 3.05) is 39.0 Å². The number of hydrogen-bond acceptors (Lipinski definition) is 5. The van der Waals surface area contributed by atoms with Gasteiger partial charge in [-0.05, 0) is 32.0 Å². The number of anilines is 1. The highest BCUT2D eigenvalue weighted by molar-refractivity contribution is 7.89. The molecule has 0 radical (unpaired) electrons. The number of benzene rings is 1. The van der Waals surface area contributed by atoms with E-state index in [1.807, 2.05) is 18.7 Å². The van der Waals surface area contributed by atoms with E-state index in [2.05, 4.69) is 5.32 Å². The van der Waals surface area contributed by atoms with E-state index in [1.54, 1.807) is 0 Å². The quantitative estimate of drug-likeness (QED) is 0.828. The molecule has 1 N–H and O–H groups in total. The summed E-state index contributed by atoms with van der Waals surface area (Å²) in [5, 5.41) is 2.99. The topological polar surface area (TPSA) is 79.0 Å². The second kappa shape index (κ2) is 8.01. The molecule has 0 saturated carbocycles. The van der Waals surface area contributed by atoms with E-state index in [9.17, 15) is 13.2 Å².